The predicted molar refractivity (Wildman–Crippen MR) is 168 cm³/mol. The molecule has 1 N–H and O–H groups in total. The van der Waals surface area contributed by atoms with Gasteiger partial charge in [-0.05, 0) is 80.7 Å². The van der Waals surface area contributed by atoms with Gasteiger partial charge in [-0.2, -0.15) is 0 Å². The Hall–Kier alpha value is -4.12. The zero-order chi connectivity index (χ0) is 30.7. The standard InChI is InChI=1S/C34H33ClFN5O4/c1-34(26-7-5-22(35)17-27(26)36)44-30-4-2-3-25(32(30)45-34)21-9-13-39(14-10-21)20-31-38-28-18-23(40-15-12-37-33(40)42)6-8-29(28)41(31)19-24-11-16-43-24/h2-8,12,15,17-18,21,24H,9-11,13-14,16,19-20H2,1H3,(H,37,42)/t24-,34?/m0/s1. The zero-order valence-electron chi connectivity index (χ0n) is 24.8. The number of benzene rings is 3. The summed E-state index contributed by atoms with van der Waals surface area (Å²) >= 11 is 5.99. The van der Waals surface area contributed by atoms with Crippen molar-refractivity contribution >= 4 is 22.6 Å². The van der Waals surface area contributed by atoms with E-state index in [1.165, 1.54) is 6.07 Å². The zero-order valence-corrected chi connectivity index (χ0v) is 25.6. The first-order valence-electron chi connectivity index (χ1n) is 15.4. The first-order valence-corrected chi connectivity index (χ1v) is 15.8. The van der Waals surface area contributed by atoms with Crippen molar-refractivity contribution in [2.75, 3.05) is 19.7 Å². The number of aromatic amines is 1. The smallest absolute Gasteiger partial charge is 0.330 e. The van der Waals surface area contributed by atoms with Crippen LogP contribution < -0.4 is 15.2 Å². The van der Waals surface area contributed by atoms with Crippen LogP contribution in [0.4, 0.5) is 4.39 Å². The highest BCUT2D eigenvalue weighted by atomic mass is 35.5. The lowest BCUT2D eigenvalue weighted by molar-refractivity contribution is -0.0712. The van der Waals surface area contributed by atoms with Gasteiger partial charge in [-0.15, -0.1) is 0 Å². The van der Waals surface area contributed by atoms with Crippen LogP contribution in [0.5, 0.6) is 11.5 Å². The highest BCUT2D eigenvalue weighted by Gasteiger charge is 2.43. The number of fused-ring (bicyclic) bond motifs is 2. The van der Waals surface area contributed by atoms with Crippen LogP contribution in [0.3, 0.4) is 0 Å². The molecule has 2 fully saturated rings. The molecule has 0 spiro atoms. The maximum atomic E-state index is 14.9. The Balaban J connectivity index is 1.00. The number of hydrogen-bond acceptors (Lipinski definition) is 6. The molecule has 5 aromatic rings. The number of nitrogens with zero attached hydrogens (tertiary/aromatic N) is 4. The minimum Gasteiger partial charge on any atom is -0.444 e. The fraction of sp³-hybridized carbons (Fsp3) is 0.353. The molecule has 3 aliphatic rings. The number of para-hydroxylation sites is 1. The second kappa shape index (κ2) is 11.0. The van der Waals surface area contributed by atoms with Gasteiger partial charge in [0, 0.05) is 36.5 Å². The average molecular weight is 630 g/mol. The molecule has 0 amide bonds. The summed E-state index contributed by atoms with van der Waals surface area (Å²) in [4.78, 5) is 22.4. The topological polar surface area (TPSA) is 86.5 Å². The van der Waals surface area contributed by atoms with Gasteiger partial charge < -0.3 is 23.8 Å². The highest BCUT2D eigenvalue weighted by Crippen LogP contribution is 2.50. The molecular formula is C34H33ClFN5O4. The molecule has 11 heteroatoms. The Morgan fingerprint density at radius 1 is 1.09 bits per heavy atom. The van der Waals surface area contributed by atoms with Crippen molar-refractivity contribution in [1.29, 1.82) is 0 Å². The van der Waals surface area contributed by atoms with Crippen molar-refractivity contribution in [3.8, 4) is 17.2 Å². The SMILES string of the molecule is CC1(c2ccc(Cl)cc2F)Oc2cccc(C3CCN(Cc4nc5cc(-n6cc[nH]c6=O)ccc5n4C[C@@H]4CCO4)CC3)c2O1. The first kappa shape index (κ1) is 28.4. The lowest BCUT2D eigenvalue weighted by Crippen LogP contribution is -2.35. The Kier molecular flexibility index (Phi) is 6.96. The van der Waals surface area contributed by atoms with E-state index in [1.54, 1.807) is 36.0 Å². The van der Waals surface area contributed by atoms with E-state index in [0.717, 1.165) is 73.6 Å². The first-order chi connectivity index (χ1) is 21.8. The molecule has 45 heavy (non-hydrogen) atoms. The van der Waals surface area contributed by atoms with Gasteiger partial charge in [0.05, 0.1) is 41.5 Å². The molecule has 3 aromatic carbocycles. The molecule has 2 atom stereocenters. The van der Waals surface area contributed by atoms with E-state index in [2.05, 4.69) is 20.5 Å². The number of likely N-dealkylation sites (tertiary alicyclic amines) is 1. The van der Waals surface area contributed by atoms with Crippen molar-refractivity contribution < 1.29 is 18.6 Å². The van der Waals surface area contributed by atoms with Gasteiger partial charge >= 0.3 is 5.69 Å². The fourth-order valence-corrected chi connectivity index (χ4v) is 7.00. The van der Waals surface area contributed by atoms with Crippen LogP contribution in [0.15, 0.2) is 71.8 Å². The molecule has 1 unspecified atom stereocenters. The molecule has 8 rings (SSSR count). The summed E-state index contributed by atoms with van der Waals surface area (Å²) in [7, 11) is 0. The fourth-order valence-electron chi connectivity index (χ4n) is 6.84. The summed E-state index contributed by atoms with van der Waals surface area (Å²) in [6.07, 6.45) is 6.47. The van der Waals surface area contributed by atoms with Gasteiger partial charge in [0.1, 0.15) is 11.6 Å². The summed E-state index contributed by atoms with van der Waals surface area (Å²) in [6.45, 7) is 5.80. The number of ether oxygens (including phenoxy) is 3. The maximum absolute atomic E-state index is 14.9. The van der Waals surface area contributed by atoms with Crippen LogP contribution in [-0.2, 0) is 23.6 Å². The average Bonchev–Trinajstić information content (AvgIpc) is 3.69. The summed E-state index contributed by atoms with van der Waals surface area (Å²) in [6, 6.07) is 16.5. The monoisotopic (exact) mass is 629 g/mol. The van der Waals surface area contributed by atoms with E-state index in [-0.39, 0.29) is 17.7 Å². The van der Waals surface area contributed by atoms with Crippen molar-refractivity contribution in [3.05, 3.63) is 105 Å². The van der Waals surface area contributed by atoms with Gasteiger partial charge in [0.15, 0.2) is 11.5 Å². The minimum absolute atomic E-state index is 0.178. The molecular weight excluding hydrogens is 597 g/mol. The van der Waals surface area contributed by atoms with Crippen molar-refractivity contribution in [3.63, 3.8) is 0 Å². The quantitative estimate of drug-likeness (QED) is 0.233. The van der Waals surface area contributed by atoms with E-state index >= 15 is 0 Å². The Bertz CT molecular complexity index is 1960. The number of imidazole rings is 2. The van der Waals surface area contributed by atoms with Gasteiger partial charge in [0.25, 0.3) is 5.79 Å². The summed E-state index contributed by atoms with van der Waals surface area (Å²) in [5.41, 5.74) is 3.91. The molecule has 9 nitrogen and oxygen atoms in total. The Morgan fingerprint density at radius 3 is 2.67 bits per heavy atom. The third-order valence-corrected chi connectivity index (χ3v) is 9.58. The molecule has 0 aliphatic carbocycles. The number of H-pyrrole nitrogens is 1. The van der Waals surface area contributed by atoms with Crippen LogP contribution in [0.1, 0.15) is 49.1 Å². The van der Waals surface area contributed by atoms with Crippen LogP contribution >= 0.6 is 11.6 Å². The molecule has 0 saturated carbocycles. The number of rotatable bonds is 7. The molecule has 0 radical (unpaired) electrons. The van der Waals surface area contributed by atoms with Gasteiger partial charge in [0.2, 0.25) is 0 Å². The second-order valence-electron chi connectivity index (χ2n) is 12.2. The van der Waals surface area contributed by atoms with E-state index in [0.29, 0.717) is 28.6 Å². The number of aromatic nitrogens is 4. The molecule has 2 saturated heterocycles. The Labute approximate surface area is 264 Å². The number of hydrogen-bond donors (Lipinski definition) is 1. The van der Waals surface area contributed by atoms with E-state index in [9.17, 15) is 9.18 Å². The van der Waals surface area contributed by atoms with E-state index in [4.69, 9.17) is 30.8 Å². The number of piperidine rings is 1. The lowest BCUT2D eigenvalue weighted by atomic mass is 9.88. The summed E-state index contributed by atoms with van der Waals surface area (Å²) in [5, 5.41) is 0.327. The number of halogens is 2. The minimum atomic E-state index is -1.27. The lowest BCUT2D eigenvalue weighted by Gasteiger charge is -2.33. The van der Waals surface area contributed by atoms with Crippen molar-refractivity contribution in [1.82, 2.24) is 24.0 Å². The Morgan fingerprint density at radius 2 is 1.93 bits per heavy atom. The van der Waals surface area contributed by atoms with Crippen LogP contribution in [0.25, 0.3) is 16.7 Å². The van der Waals surface area contributed by atoms with Crippen LogP contribution in [0, 0.1) is 5.82 Å². The van der Waals surface area contributed by atoms with E-state index in [1.807, 2.05) is 30.3 Å². The van der Waals surface area contributed by atoms with Crippen LogP contribution in [-0.4, -0.2) is 49.8 Å². The second-order valence-corrected chi connectivity index (χ2v) is 12.7. The van der Waals surface area contributed by atoms with Gasteiger partial charge in [-0.25, -0.2) is 14.2 Å². The molecule has 2 aromatic heterocycles. The highest BCUT2D eigenvalue weighted by molar-refractivity contribution is 6.30. The normalized spacial score (nSPS) is 21.8. The molecule has 0 bridgehead atoms. The van der Waals surface area contributed by atoms with Crippen LogP contribution in [0.2, 0.25) is 5.02 Å². The molecule has 3 aliphatic heterocycles. The summed E-state index contributed by atoms with van der Waals surface area (Å²) in [5.74, 6) is 0.855. The molecule has 232 valence electrons. The summed E-state index contributed by atoms with van der Waals surface area (Å²) < 4.78 is 37.1. The third kappa shape index (κ3) is 5.10. The van der Waals surface area contributed by atoms with E-state index < -0.39 is 11.6 Å². The van der Waals surface area contributed by atoms with Crippen molar-refractivity contribution in [2.24, 2.45) is 0 Å². The van der Waals surface area contributed by atoms with Gasteiger partial charge in [-0.1, -0.05) is 23.7 Å². The largest absolute Gasteiger partial charge is 0.444 e. The van der Waals surface area contributed by atoms with Crippen molar-refractivity contribution in [2.45, 2.75) is 57.1 Å². The predicted octanol–water partition coefficient (Wildman–Crippen LogP) is 6.12. The third-order valence-electron chi connectivity index (χ3n) is 9.34. The maximum Gasteiger partial charge on any atom is 0.330 e. The van der Waals surface area contributed by atoms with Gasteiger partial charge in [-0.3, -0.25) is 9.47 Å². The molecule has 5 heterocycles. The number of nitrogens with one attached hydrogen (secondary N) is 1.